The van der Waals surface area contributed by atoms with Gasteiger partial charge in [0.25, 0.3) is 0 Å². The van der Waals surface area contributed by atoms with Crippen LogP contribution in [0.2, 0.25) is 0 Å². The van der Waals surface area contributed by atoms with Gasteiger partial charge in [-0.15, -0.1) is 0 Å². The van der Waals surface area contributed by atoms with Gasteiger partial charge >= 0.3 is 0 Å². The van der Waals surface area contributed by atoms with E-state index >= 15 is 0 Å². The molecule has 0 aliphatic heterocycles. The molecule has 0 saturated carbocycles. The van der Waals surface area contributed by atoms with Crippen molar-refractivity contribution >= 4 is 17.7 Å². The fourth-order valence-corrected chi connectivity index (χ4v) is 2.12. The summed E-state index contributed by atoms with van der Waals surface area (Å²) in [4.78, 5) is 35.1. The highest BCUT2D eigenvalue weighted by Gasteiger charge is 2.26. The van der Waals surface area contributed by atoms with Gasteiger partial charge in [0.1, 0.15) is 12.1 Å². The van der Waals surface area contributed by atoms with Crippen LogP contribution < -0.4 is 16.4 Å². The summed E-state index contributed by atoms with van der Waals surface area (Å²) < 4.78 is 0. The van der Waals surface area contributed by atoms with E-state index in [0.717, 1.165) is 5.56 Å². The highest BCUT2D eigenvalue weighted by molar-refractivity contribution is 5.91. The van der Waals surface area contributed by atoms with Crippen LogP contribution in [0.5, 0.6) is 0 Å². The zero-order valence-corrected chi connectivity index (χ0v) is 13.1. The van der Waals surface area contributed by atoms with E-state index in [4.69, 9.17) is 5.73 Å². The lowest BCUT2D eigenvalue weighted by Crippen LogP contribution is -2.55. The number of primary amides is 1. The summed E-state index contributed by atoms with van der Waals surface area (Å²) in [5.41, 5.74) is 6.21. The third-order valence-corrected chi connectivity index (χ3v) is 3.25. The van der Waals surface area contributed by atoms with Crippen LogP contribution in [-0.4, -0.2) is 29.8 Å². The lowest BCUT2D eigenvalue weighted by Gasteiger charge is -2.23. The third kappa shape index (κ3) is 5.55. The normalized spacial score (nSPS) is 13.3. The van der Waals surface area contributed by atoms with E-state index in [1.807, 2.05) is 30.3 Å². The highest BCUT2D eigenvalue weighted by atomic mass is 16.2. The van der Waals surface area contributed by atoms with Gasteiger partial charge in [-0.1, -0.05) is 44.2 Å². The molecule has 2 atom stereocenters. The van der Waals surface area contributed by atoms with Crippen molar-refractivity contribution in [3.8, 4) is 0 Å². The molecule has 0 aliphatic rings. The first-order chi connectivity index (χ1) is 10.3. The van der Waals surface area contributed by atoms with Gasteiger partial charge in [-0.05, 0) is 11.5 Å². The van der Waals surface area contributed by atoms with Crippen LogP contribution in [0, 0.1) is 5.92 Å². The van der Waals surface area contributed by atoms with E-state index in [2.05, 4.69) is 10.6 Å². The molecule has 0 radical (unpaired) electrons. The molecule has 0 fully saturated rings. The van der Waals surface area contributed by atoms with Crippen molar-refractivity contribution in [1.29, 1.82) is 0 Å². The molecule has 120 valence electrons. The third-order valence-electron chi connectivity index (χ3n) is 3.25. The Morgan fingerprint density at radius 3 is 2.14 bits per heavy atom. The molecule has 1 aromatic carbocycles. The Kier molecular flexibility index (Phi) is 6.56. The van der Waals surface area contributed by atoms with Gasteiger partial charge in [-0.2, -0.15) is 0 Å². The molecule has 3 amide bonds. The molecule has 0 bridgehead atoms. The zero-order chi connectivity index (χ0) is 16.7. The van der Waals surface area contributed by atoms with Crippen LogP contribution in [0.15, 0.2) is 30.3 Å². The first-order valence-corrected chi connectivity index (χ1v) is 7.22. The average Bonchev–Trinajstić information content (AvgIpc) is 2.43. The van der Waals surface area contributed by atoms with Gasteiger partial charge in [0.2, 0.25) is 17.7 Å². The Balaban J connectivity index is 2.84. The molecule has 0 heterocycles. The van der Waals surface area contributed by atoms with Gasteiger partial charge in [0.15, 0.2) is 0 Å². The SMILES string of the molecule is CC(=O)N[C@H](Cc1ccccc1)C(=O)N[C@@H](C(N)=O)C(C)C. The van der Waals surface area contributed by atoms with Crippen LogP contribution in [0.1, 0.15) is 26.3 Å². The zero-order valence-electron chi connectivity index (χ0n) is 13.1. The number of nitrogens with one attached hydrogen (secondary N) is 2. The van der Waals surface area contributed by atoms with Crippen molar-refractivity contribution in [3.63, 3.8) is 0 Å². The molecule has 1 rings (SSSR count). The standard InChI is InChI=1S/C16H23N3O3/c1-10(2)14(15(17)21)19-16(22)13(18-11(3)20)9-12-7-5-4-6-8-12/h4-8,10,13-14H,9H2,1-3H3,(H2,17,21)(H,18,20)(H,19,22)/t13-,14-/m1/s1. The predicted molar refractivity (Wildman–Crippen MR) is 83.7 cm³/mol. The van der Waals surface area contributed by atoms with Gasteiger partial charge in [0.05, 0.1) is 0 Å². The Labute approximate surface area is 130 Å². The molecular formula is C16H23N3O3. The van der Waals surface area contributed by atoms with E-state index in [9.17, 15) is 14.4 Å². The number of rotatable bonds is 7. The van der Waals surface area contributed by atoms with Crippen molar-refractivity contribution < 1.29 is 14.4 Å². The maximum atomic E-state index is 12.4. The van der Waals surface area contributed by atoms with E-state index in [1.54, 1.807) is 13.8 Å². The molecule has 0 unspecified atom stereocenters. The Morgan fingerprint density at radius 1 is 1.09 bits per heavy atom. The number of hydrogen-bond donors (Lipinski definition) is 3. The number of amides is 3. The van der Waals surface area contributed by atoms with E-state index in [1.165, 1.54) is 6.92 Å². The second-order valence-corrected chi connectivity index (χ2v) is 5.58. The summed E-state index contributed by atoms with van der Waals surface area (Å²) in [5.74, 6) is -1.45. The highest BCUT2D eigenvalue weighted by Crippen LogP contribution is 2.06. The van der Waals surface area contributed by atoms with Crippen molar-refractivity contribution in [2.45, 2.75) is 39.3 Å². The van der Waals surface area contributed by atoms with Crippen LogP contribution in [0.3, 0.4) is 0 Å². The van der Waals surface area contributed by atoms with E-state index < -0.39 is 23.9 Å². The first kappa shape index (κ1) is 17.7. The van der Waals surface area contributed by atoms with Crippen LogP contribution in [0.25, 0.3) is 0 Å². The monoisotopic (exact) mass is 305 g/mol. The van der Waals surface area contributed by atoms with E-state index in [-0.39, 0.29) is 11.8 Å². The topological polar surface area (TPSA) is 101 Å². The van der Waals surface area contributed by atoms with Gasteiger partial charge in [-0.3, -0.25) is 14.4 Å². The maximum Gasteiger partial charge on any atom is 0.243 e. The van der Waals surface area contributed by atoms with Crippen molar-refractivity contribution in [3.05, 3.63) is 35.9 Å². The second-order valence-electron chi connectivity index (χ2n) is 5.58. The molecular weight excluding hydrogens is 282 g/mol. The number of carbonyl (C=O) groups is 3. The molecule has 0 aromatic heterocycles. The fourth-order valence-electron chi connectivity index (χ4n) is 2.12. The largest absolute Gasteiger partial charge is 0.368 e. The summed E-state index contributed by atoms with van der Waals surface area (Å²) in [6.45, 7) is 4.93. The molecule has 0 spiro atoms. The minimum absolute atomic E-state index is 0.129. The molecule has 0 aliphatic carbocycles. The van der Waals surface area contributed by atoms with Crippen molar-refractivity contribution in [2.24, 2.45) is 11.7 Å². The summed E-state index contributed by atoms with van der Waals surface area (Å²) >= 11 is 0. The van der Waals surface area contributed by atoms with Crippen LogP contribution >= 0.6 is 0 Å². The molecule has 6 nitrogen and oxygen atoms in total. The quantitative estimate of drug-likeness (QED) is 0.678. The lowest BCUT2D eigenvalue weighted by molar-refractivity contribution is -0.131. The number of nitrogens with two attached hydrogens (primary N) is 1. The number of hydrogen-bond acceptors (Lipinski definition) is 3. The van der Waals surface area contributed by atoms with Crippen LogP contribution in [-0.2, 0) is 20.8 Å². The summed E-state index contributed by atoms with van der Waals surface area (Å²) in [7, 11) is 0. The number of benzene rings is 1. The summed E-state index contributed by atoms with van der Waals surface area (Å²) in [6.07, 6.45) is 0.343. The maximum absolute atomic E-state index is 12.4. The Morgan fingerprint density at radius 2 is 1.68 bits per heavy atom. The first-order valence-electron chi connectivity index (χ1n) is 7.22. The minimum atomic E-state index is -0.764. The summed E-state index contributed by atoms with van der Waals surface area (Å²) in [6, 6.07) is 7.82. The van der Waals surface area contributed by atoms with Gasteiger partial charge < -0.3 is 16.4 Å². The minimum Gasteiger partial charge on any atom is -0.368 e. The number of carbonyl (C=O) groups excluding carboxylic acids is 3. The molecule has 22 heavy (non-hydrogen) atoms. The second kappa shape index (κ2) is 8.17. The van der Waals surface area contributed by atoms with E-state index in [0.29, 0.717) is 6.42 Å². The Bertz CT molecular complexity index is 529. The van der Waals surface area contributed by atoms with Crippen molar-refractivity contribution in [2.75, 3.05) is 0 Å². The smallest absolute Gasteiger partial charge is 0.243 e. The van der Waals surface area contributed by atoms with Gasteiger partial charge in [-0.25, -0.2) is 0 Å². The molecule has 4 N–H and O–H groups in total. The Hall–Kier alpha value is -2.37. The van der Waals surface area contributed by atoms with Gasteiger partial charge in [0, 0.05) is 13.3 Å². The lowest BCUT2D eigenvalue weighted by atomic mass is 10.0. The predicted octanol–water partition coefficient (Wildman–Crippen LogP) is 0.360. The molecule has 0 saturated heterocycles. The van der Waals surface area contributed by atoms with Crippen LogP contribution in [0.4, 0.5) is 0 Å². The average molecular weight is 305 g/mol. The van der Waals surface area contributed by atoms with Crippen molar-refractivity contribution in [1.82, 2.24) is 10.6 Å². The summed E-state index contributed by atoms with van der Waals surface area (Å²) in [5, 5.41) is 5.22. The molecule has 1 aromatic rings. The molecule has 6 heteroatoms. The fraction of sp³-hybridized carbons (Fsp3) is 0.438.